The molecule has 0 aliphatic heterocycles. The van der Waals surface area contributed by atoms with Crippen molar-refractivity contribution in [3.8, 4) is 5.75 Å². The average Bonchev–Trinajstić information content (AvgIpc) is 2.39. The summed E-state index contributed by atoms with van der Waals surface area (Å²) in [5.41, 5.74) is 0.305. The number of hydrogen-bond acceptors (Lipinski definition) is 4. The van der Waals surface area contributed by atoms with Crippen molar-refractivity contribution in [1.82, 2.24) is 10.6 Å². The third-order valence-electron chi connectivity index (χ3n) is 2.96. The summed E-state index contributed by atoms with van der Waals surface area (Å²) < 4.78 is 6.16. The molecule has 1 atom stereocenters. The van der Waals surface area contributed by atoms with Gasteiger partial charge in [-0.1, -0.05) is 22.9 Å². The number of nitrogens with one attached hydrogen (secondary N) is 2. The molecule has 0 spiro atoms. The molecule has 0 saturated heterocycles. The fourth-order valence-electron chi connectivity index (χ4n) is 1.85. The number of ether oxygens (including phenoxy) is 1. The fraction of sp³-hybridized carbons (Fsp3) is 0.562. The highest BCUT2D eigenvalue weighted by molar-refractivity contribution is 9.10. The van der Waals surface area contributed by atoms with Crippen LogP contribution in [0.15, 0.2) is 22.7 Å². The Morgan fingerprint density at radius 3 is 2.68 bits per heavy atom. The van der Waals surface area contributed by atoms with Crippen LogP contribution < -0.4 is 10.6 Å². The monoisotopic (exact) mass is 372 g/mol. The van der Waals surface area contributed by atoms with Crippen LogP contribution in [0.5, 0.6) is 5.75 Å². The fourth-order valence-corrected chi connectivity index (χ4v) is 2.26. The molecule has 5 nitrogen and oxygen atoms in total. The van der Waals surface area contributed by atoms with E-state index in [-0.39, 0.29) is 11.8 Å². The topological polar surface area (TPSA) is 70.6 Å². The van der Waals surface area contributed by atoms with E-state index >= 15 is 0 Å². The van der Waals surface area contributed by atoms with Crippen molar-refractivity contribution in [2.45, 2.75) is 52.3 Å². The number of carbonyl (C=O) groups is 1. The molecular formula is C16H25BrN2O3. The summed E-state index contributed by atoms with van der Waals surface area (Å²) in [6.07, 6.45) is 0.378. The van der Waals surface area contributed by atoms with Gasteiger partial charge >= 0.3 is 6.09 Å². The van der Waals surface area contributed by atoms with Gasteiger partial charge in [-0.3, -0.25) is 0 Å². The van der Waals surface area contributed by atoms with Gasteiger partial charge in [-0.25, -0.2) is 4.79 Å². The van der Waals surface area contributed by atoms with Gasteiger partial charge in [-0.2, -0.15) is 0 Å². The molecule has 1 rings (SSSR count). The van der Waals surface area contributed by atoms with Gasteiger partial charge in [0.1, 0.15) is 11.4 Å². The Labute approximate surface area is 140 Å². The number of carbonyl (C=O) groups excluding carboxylic acids is 1. The number of rotatable bonds is 6. The summed E-state index contributed by atoms with van der Waals surface area (Å²) in [5.74, 6) is 0.254. The first-order valence-corrected chi connectivity index (χ1v) is 8.18. The molecule has 0 bridgehead atoms. The van der Waals surface area contributed by atoms with Crippen LogP contribution in [-0.4, -0.2) is 29.4 Å². The summed E-state index contributed by atoms with van der Waals surface area (Å²) in [4.78, 5) is 11.8. The number of phenols is 1. The molecular weight excluding hydrogens is 348 g/mol. The van der Waals surface area contributed by atoms with Crippen LogP contribution in [0.25, 0.3) is 0 Å². The smallest absolute Gasteiger partial charge is 0.407 e. The molecule has 6 heteroatoms. The van der Waals surface area contributed by atoms with Gasteiger partial charge in [0.05, 0.1) is 0 Å². The third kappa shape index (κ3) is 7.13. The van der Waals surface area contributed by atoms with Crippen LogP contribution in [0.3, 0.4) is 0 Å². The highest BCUT2D eigenvalue weighted by atomic mass is 79.9. The van der Waals surface area contributed by atoms with E-state index in [2.05, 4.69) is 26.6 Å². The van der Waals surface area contributed by atoms with E-state index in [1.807, 2.05) is 33.8 Å². The Morgan fingerprint density at radius 1 is 1.41 bits per heavy atom. The average molecular weight is 373 g/mol. The maximum Gasteiger partial charge on any atom is 0.407 e. The number of benzene rings is 1. The van der Waals surface area contributed by atoms with E-state index < -0.39 is 11.7 Å². The van der Waals surface area contributed by atoms with E-state index in [1.54, 1.807) is 12.1 Å². The molecule has 0 aliphatic rings. The molecule has 0 heterocycles. The Bertz CT molecular complexity index is 501. The SMILES string of the molecule is CCC(CNCc1cc(Br)ccc1O)NC(=O)OC(C)(C)C. The van der Waals surface area contributed by atoms with Crippen LogP contribution in [0.2, 0.25) is 0 Å². The number of alkyl carbamates (subject to hydrolysis) is 1. The molecule has 1 amide bonds. The largest absolute Gasteiger partial charge is 0.508 e. The summed E-state index contributed by atoms with van der Waals surface area (Å²) in [5, 5.41) is 15.9. The number of aromatic hydroxyl groups is 1. The summed E-state index contributed by atoms with van der Waals surface area (Å²) in [7, 11) is 0. The number of hydrogen-bond donors (Lipinski definition) is 3. The first-order chi connectivity index (χ1) is 10.2. The van der Waals surface area contributed by atoms with Crippen LogP contribution >= 0.6 is 15.9 Å². The molecule has 22 heavy (non-hydrogen) atoms. The van der Waals surface area contributed by atoms with Crippen molar-refractivity contribution in [3.05, 3.63) is 28.2 Å². The standard InChI is InChI=1S/C16H25BrN2O3/c1-5-13(19-15(21)22-16(2,3)4)10-18-9-11-8-12(17)6-7-14(11)20/h6-8,13,18,20H,5,9-10H2,1-4H3,(H,19,21). The second kappa shape index (κ2) is 8.39. The quantitative estimate of drug-likeness (QED) is 0.713. The van der Waals surface area contributed by atoms with E-state index in [1.165, 1.54) is 0 Å². The maximum atomic E-state index is 11.8. The van der Waals surface area contributed by atoms with E-state index in [4.69, 9.17) is 4.74 Å². The lowest BCUT2D eigenvalue weighted by molar-refractivity contribution is 0.0502. The minimum atomic E-state index is -0.502. The Hall–Kier alpha value is -1.27. The van der Waals surface area contributed by atoms with E-state index in [0.717, 1.165) is 16.5 Å². The van der Waals surface area contributed by atoms with Gasteiger partial charge in [0.2, 0.25) is 0 Å². The second-order valence-corrected chi connectivity index (χ2v) is 7.07. The molecule has 1 aromatic carbocycles. The zero-order valence-electron chi connectivity index (χ0n) is 13.6. The van der Waals surface area contributed by atoms with Crippen LogP contribution in [0.4, 0.5) is 4.79 Å². The van der Waals surface area contributed by atoms with Gasteiger partial charge in [0.15, 0.2) is 0 Å². The van der Waals surface area contributed by atoms with Gasteiger partial charge in [0.25, 0.3) is 0 Å². The van der Waals surface area contributed by atoms with Crippen molar-refractivity contribution in [2.24, 2.45) is 0 Å². The van der Waals surface area contributed by atoms with Crippen molar-refractivity contribution in [1.29, 1.82) is 0 Å². The summed E-state index contributed by atoms with van der Waals surface area (Å²) in [6.45, 7) is 8.63. The van der Waals surface area contributed by atoms with Gasteiger partial charge in [-0.05, 0) is 45.4 Å². The van der Waals surface area contributed by atoms with Crippen LogP contribution in [0, 0.1) is 0 Å². The van der Waals surface area contributed by atoms with Gasteiger partial charge < -0.3 is 20.5 Å². The third-order valence-corrected chi connectivity index (χ3v) is 3.45. The summed E-state index contributed by atoms with van der Waals surface area (Å²) in [6, 6.07) is 5.28. The van der Waals surface area contributed by atoms with Crippen molar-refractivity contribution in [2.75, 3.05) is 6.54 Å². The van der Waals surface area contributed by atoms with E-state index in [9.17, 15) is 9.90 Å². The van der Waals surface area contributed by atoms with Crippen molar-refractivity contribution < 1.29 is 14.6 Å². The van der Waals surface area contributed by atoms with Crippen molar-refractivity contribution in [3.63, 3.8) is 0 Å². The molecule has 0 aliphatic carbocycles. The second-order valence-electron chi connectivity index (χ2n) is 6.16. The normalized spacial score (nSPS) is 12.8. The predicted molar refractivity (Wildman–Crippen MR) is 91.0 cm³/mol. The van der Waals surface area contributed by atoms with Gasteiger partial charge in [-0.15, -0.1) is 0 Å². The summed E-state index contributed by atoms with van der Waals surface area (Å²) >= 11 is 3.38. The molecule has 1 unspecified atom stereocenters. The molecule has 0 fully saturated rings. The Kier molecular flexibility index (Phi) is 7.16. The molecule has 0 aromatic heterocycles. The molecule has 1 aromatic rings. The highest BCUT2D eigenvalue weighted by Gasteiger charge is 2.18. The lowest BCUT2D eigenvalue weighted by Gasteiger charge is -2.23. The molecule has 0 radical (unpaired) electrons. The minimum Gasteiger partial charge on any atom is -0.508 e. The molecule has 0 saturated carbocycles. The number of amides is 1. The lowest BCUT2D eigenvalue weighted by Crippen LogP contribution is -2.43. The predicted octanol–water partition coefficient (Wildman–Crippen LogP) is 3.55. The molecule has 3 N–H and O–H groups in total. The van der Waals surface area contributed by atoms with Crippen LogP contribution in [-0.2, 0) is 11.3 Å². The number of halogens is 1. The maximum absolute atomic E-state index is 11.8. The lowest BCUT2D eigenvalue weighted by atomic mass is 10.2. The molecule has 124 valence electrons. The van der Waals surface area contributed by atoms with Crippen molar-refractivity contribution >= 4 is 22.0 Å². The first-order valence-electron chi connectivity index (χ1n) is 7.39. The van der Waals surface area contributed by atoms with Crippen LogP contribution in [0.1, 0.15) is 39.7 Å². The Balaban J connectivity index is 2.44. The first kappa shape index (κ1) is 18.8. The highest BCUT2D eigenvalue weighted by Crippen LogP contribution is 2.21. The minimum absolute atomic E-state index is 0.0239. The number of phenolic OH excluding ortho intramolecular Hbond substituents is 1. The zero-order chi connectivity index (χ0) is 16.8. The van der Waals surface area contributed by atoms with E-state index in [0.29, 0.717) is 13.1 Å². The Morgan fingerprint density at radius 2 is 2.09 bits per heavy atom. The van der Waals surface area contributed by atoms with Gasteiger partial charge in [0, 0.05) is 29.2 Å². The zero-order valence-corrected chi connectivity index (χ0v) is 15.2.